The van der Waals surface area contributed by atoms with Gasteiger partial charge in [0, 0.05) is 6.54 Å². The molecule has 1 aliphatic carbocycles. The van der Waals surface area contributed by atoms with Crippen molar-refractivity contribution in [2.24, 2.45) is 0 Å². The van der Waals surface area contributed by atoms with Crippen LogP contribution in [-0.2, 0) is 9.53 Å². The number of hydrogen-bond acceptors (Lipinski definition) is 4. The third-order valence-corrected chi connectivity index (χ3v) is 4.17. The van der Waals surface area contributed by atoms with E-state index in [2.05, 4.69) is 11.4 Å². The highest BCUT2D eigenvalue weighted by Crippen LogP contribution is 2.20. The van der Waals surface area contributed by atoms with Gasteiger partial charge in [0.05, 0.1) is 12.7 Å². The number of rotatable bonds is 7. The average molecular weight is 349 g/mol. The number of amides is 1. The first-order chi connectivity index (χ1) is 12.0. The lowest BCUT2D eigenvalue weighted by molar-refractivity contribution is -0.129. The second-order valence-electron chi connectivity index (χ2n) is 6.05. The zero-order chi connectivity index (χ0) is 18.2. The first-order valence-corrected chi connectivity index (χ1v) is 8.51. The molecule has 1 aromatic rings. The predicted molar refractivity (Wildman–Crippen MR) is 92.0 cm³/mol. The molecule has 1 aliphatic rings. The van der Waals surface area contributed by atoms with Gasteiger partial charge in [-0.3, -0.25) is 4.79 Å². The molecule has 1 N–H and O–H groups in total. The summed E-state index contributed by atoms with van der Waals surface area (Å²) in [6, 6.07) is 3.76. The van der Waals surface area contributed by atoms with Crippen LogP contribution >= 0.6 is 0 Å². The van der Waals surface area contributed by atoms with Gasteiger partial charge >= 0.3 is 5.97 Å². The Hall–Kier alpha value is -2.37. The Kier molecular flexibility index (Phi) is 6.98. The second kappa shape index (κ2) is 9.20. The van der Waals surface area contributed by atoms with E-state index in [-0.39, 0.29) is 17.2 Å². The van der Waals surface area contributed by atoms with E-state index in [9.17, 15) is 14.0 Å². The quantitative estimate of drug-likeness (QED) is 0.605. The van der Waals surface area contributed by atoms with Crippen LogP contribution in [-0.4, -0.2) is 31.6 Å². The summed E-state index contributed by atoms with van der Waals surface area (Å²) in [6.07, 6.45) is 6.73. The molecule has 0 saturated carbocycles. The Morgan fingerprint density at radius 1 is 1.32 bits per heavy atom. The van der Waals surface area contributed by atoms with Crippen molar-refractivity contribution in [1.29, 1.82) is 0 Å². The second-order valence-corrected chi connectivity index (χ2v) is 6.05. The summed E-state index contributed by atoms with van der Waals surface area (Å²) in [5, 5.41) is 2.77. The molecule has 6 heteroatoms. The van der Waals surface area contributed by atoms with Crippen molar-refractivity contribution in [3.05, 3.63) is 41.2 Å². The molecular formula is C19H24FNO4. The lowest BCUT2D eigenvalue weighted by atomic mass is 9.97. The largest absolute Gasteiger partial charge is 0.494 e. The van der Waals surface area contributed by atoms with E-state index in [0.717, 1.165) is 25.3 Å². The van der Waals surface area contributed by atoms with Crippen molar-refractivity contribution < 1.29 is 23.5 Å². The maximum absolute atomic E-state index is 13.6. The van der Waals surface area contributed by atoms with E-state index in [1.54, 1.807) is 0 Å². The third kappa shape index (κ3) is 5.59. The summed E-state index contributed by atoms with van der Waals surface area (Å²) in [5.74, 6) is -1.73. The molecule has 0 fully saturated rings. The molecule has 1 atom stereocenters. The third-order valence-electron chi connectivity index (χ3n) is 4.17. The van der Waals surface area contributed by atoms with Gasteiger partial charge in [0.2, 0.25) is 0 Å². The molecule has 1 aromatic carbocycles. The molecule has 0 aromatic heterocycles. The number of benzene rings is 1. The Morgan fingerprint density at radius 3 is 2.76 bits per heavy atom. The normalized spacial score (nSPS) is 15.1. The number of allylic oxidation sites excluding steroid dienone is 1. The SMILES string of the molecule is COc1ccc(C(=O)O[C@H](C)C(=O)NCCC2=CCCCC2)cc1F. The number of carbonyl (C=O) groups is 2. The zero-order valence-corrected chi connectivity index (χ0v) is 14.6. The maximum Gasteiger partial charge on any atom is 0.339 e. The Morgan fingerprint density at radius 2 is 2.12 bits per heavy atom. The first-order valence-electron chi connectivity index (χ1n) is 8.51. The average Bonchev–Trinajstić information content (AvgIpc) is 2.62. The molecule has 136 valence electrons. The number of hydrogen-bond donors (Lipinski definition) is 1. The van der Waals surface area contributed by atoms with Crippen LogP contribution < -0.4 is 10.1 Å². The molecule has 0 bridgehead atoms. The molecule has 0 aliphatic heterocycles. The minimum atomic E-state index is -0.946. The van der Waals surface area contributed by atoms with Crippen molar-refractivity contribution in [2.75, 3.05) is 13.7 Å². The summed E-state index contributed by atoms with van der Waals surface area (Å²) < 4.78 is 23.5. The van der Waals surface area contributed by atoms with E-state index in [0.29, 0.717) is 6.54 Å². The number of halogens is 1. The fourth-order valence-corrected chi connectivity index (χ4v) is 2.70. The smallest absolute Gasteiger partial charge is 0.339 e. The number of esters is 1. The Bertz CT molecular complexity index is 657. The molecule has 25 heavy (non-hydrogen) atoms. The summed E-state index contributed by atoms with van der Waals surface area (Å²) in [4.78, 5) is 24.0. The van der Waals surface area contributed by atoms with Gasteiger partial charge in [-0.05, 0) is 57.2 Å². The summed E-state index contributed by atoms with van der Waals surface area (Å²) in [5.41, 5.74) is 1.40. The number of carbonyl (C=O) groups excluding carboxylic acids is 2. The highest BCUT2D eigenvalue weighted by atomic mass is 19.1. The summed E-state index contributed by atoms with van der Waals surface area (Å²) in [7, 11) is 1.34. The molecule has 0 radical (unpaired) electrons. The van der Waals surface area contributed by atoms with Gasteiger partial charge in [-0.1, -0.05) is 11.6 Å². The highest BCUT2D eigenvalue weighted by Gasteiger charge is 2.19. The monoisotopic (exact) mass is 349 g/mol. The first kappa shape index (κ1) is 19.0. The van der Waals surface area contributed by atoms with Crippen molar-refractivity contribution in [3.8, 4) is 5.75 Å². The van der Waals surface area contributed by atoms with Crippen LogP contribution in [0.2, 0.25) is 0 Å². The number of methoxy groups -OCH3 is 1. The molecule has 1 amide bonds. The van der Waals surface area contributed by atoms with E-state index in [1.807, 2.05) is 0 Å². The van der Waals surface area contributed by atoms with Gasteiger partial charge in [-0.15, -0.1) is 0 Å². The molecule has 0 spiro atoms. The van der Waals surface area contributed by atoms with Crippen molar-refractivity contribution >= 4 is 11.9 Å². The molecule has 0 unspecified atom stereocenters. The molecule has 0 heterocycles. The molecule has 2 rings (SSSR count). The van der Waals surface area contributed by atoms with Gasteiger partial charge in [-0.25, -0.2) is 9.18 Å². The van der Waals surface area contributed by atoms with Crippen molar-refractivity contribution in [2.45, 2.75) is 45.1 Å². The zero-order valence-electron chi connectivity index (χ0n) is 14.6. The number of ether oxygens (including phenoxy) is 2. The van der Waals surface area contributed by atoms with Gasteiger partial charge in [0.1, 0.15) is 0 Å². The standard InChI is InChI=1S/C19H24FNO4/c1-13(18(22)21-11-10-14-6-4-3-5-7-14)25-19(23)15-8-9-17(24-2)16(20)12-15/h6,8-9,12-13H,3-5,7,10-11H2,1-2H3,(H,21,22)/t13-/m1/s1. The van der Waals surface area contributed by atoms with Crippen molar-refractivity contribution in [3.63, 3.8) is 0 Å². The van der Waals surface area contributed by atoms with E-state index < -0.39 is 17.9 Å². The van der Waals surface area contributed by atoms with E-state index in [1.165, 1.54) is 44.6 Å². The van der Waals surface area contributed by atoms with E-state index in [4.69, 9.17) is 9.47 Å². The predicted octanol–water partition coefficient (Wildman–Crippen LogP) is 3.39. The molecular weight excluding hydrogens is 325 g/mol. The molecule has 5 nitrogen and oxygen atoms in total. The van der Waals surface area contributed by atoms with Gasteiger partial charge in [0.15, 0.2) is 17.7 Å². The highest BCUT2D eigenvalue weighted by molar-refractivity contribution is 5.92. The van der Waals surface area contributed by atoms with Crippen LogP contribution in [0.4, 0.5) is 4.39 Å². The van der Waals surface area contributed by atoms with Gasteiger partial charge in [-0.2, -0.15) is 0 Å². The lowest BCUT2D eigenvalue weighted by Gasteiger charge is -2.16. The van der Waals surface area contributed by atoms with Crippen LogP contribution in [0.5, 0.6) is 5.75 Å². The fourth-order valence-electron chi connectivity index (χ4n) is 2.70. The van der Waals surface area contributed by atoms with Crippen LogP contribution in [0.3, 0.4) is 0 Å². The molecule has 0 saturated heterocycles. The van der Waals surface area contributed by atoms with Crippen LogP contribution in [0, 0.1) is 5.82 Å². The lowest BCUT2D eigenvalue weighted by Crippen LogP contribution is -2.36. The van der Waals surface area contributed by atoms with Gasteiger partial charge in [0.25, 0.3) is 5.91 Å². The van der Waals surface area contributed by atoms with Gasteiger partial charge < -0.3 is 14.8 Å². The van der Waals surface area contributed by atoms with E-state index >= 15 is 0 Å². The fraction of sp³-hybridized carbons (Fsp3) is 0.474. The Balaban J connectivity index is 1.80. The Labute approximate surface area is 147 Å². The summed E-state index contributed by atoms with van der Waals surface area (Å²) >= 11 is 0. The van der Waals surface area contributed by atoms with Crippen LogP contribution in [0.15, 0.2) is 29.8 Å². The van der Waals surface area contributed by atoms with Crippen LogP contribution in [0.25, 0.3) is 0 Å². The maximum atomic E-state index is 13.6. The van der Waals surface area contributed by atoms with Crippen molar-refractivity contribution in [1.82, 2.24) is 5.32 Å². The van der Waals surface area contributed by atoms with Crippen LogP contribution in [0.1, 0.15) is 49.4 Å². The topological polar surface area (TPSA) is 64.6 Å². The minimum Gasteiger partial charge on any atom is -0.494 e. The minimum absolute atomic E-state index is 0.0327. The summed E-state index contributed by atoms with van der Waals surface area (Å²) in [6.45, 7) is 2.01. The number of nitrogens with one attached hydrogen (secondary N) is 1.